The molecule has 1 aliphatic rings. The van der Waals surface area contributed by atoms with Crippen molar-refractivity contribution in [3.05, 3.63) is 24.0 Å². The molecule has 0 atom stereocenters. The van der Waals surface area contributed by atoms with E-state index in [0.29, 0.717) is 19.0 Å². The molecule has 6 heteroatoms. The Labute approximate surface area is 113 Å². The van der Waals surface area contributed by atoms with Gasteiger partial charge in [0, 0.05) is 19.3 Å². The van der Waals surface area contributed by atoms with E-state index in [1.807, 2.05) is 13.0 Å². The lowest BCUT2D eigenvalue weighted by Gasteiger charge is -2.31. The lowest BCUT2D eigenvalue weighted by atomic mass is 9.85. The number of rotatable bonds is 5. The van der Waals surface area contributed by atoms with E-state index in [9.17, 15) is 8.42 Å². The van der Waals surface area contributed by atoms with Crippen LogP contribution in [0.1, 0.15) is 31.9 Å². The van der Waals surface area contributed by atoms with Crippen LogP contribution in [0.3, 0.4) is 0 Å². The number of nitrogens with zero attached hydrogens (tertiary/aromatic N) is 3. The standard InChI is InChI=1S/C13H17N3O2S/c1-2-16(10-11-5-3-6-11)19(17,18)13-7-4-8-15-12(13)9-14/h4,7-8,11H,2-3,5-6,10H2,1H3. The summed E-state index contributed by atoms with van der Waals surface area (Å²) in [5.41, 5.74) is -0.0328. The number of hydrogen-bond donors (Lipinski definition) is 0. The van der Waals surface area contributed by atoms with Crippen LogP contribution in [0, 0.1) is 17.2 Å². The Hall–Kier alpha value is -1.45. The summed E-state index contributed by atoms with van der Waals surface area (Å²) in [4.78, 5) is 3.84. The molecule has 0 bridgehead atoms. The monoisotopic (exact) mass is 279 g/mol. The van der Waals surface area contributed by atoms with Crippen molar-refractivity contribution in [2.75, 3.05) is 13.1 Å². The second-order valence-corrected chi connectivity index (χ2v) is 6.62. The molecule has 0 amide bonds. The predicted octanol–water partition coefficient (Wildman–Crippen LogP) is 1.76. The van der Waals surface area contributed by atoms with Gasteiger partial charge in [0.05, 0.1) is 0 Å². The van der Waals surface area contributed by atoms with Crippen LogP contribution >= 0.6 is 0 Å². The fraction of sp³-hybridized carbons (Fsp3) is 0.538. The van der Waals surface area contributed by atoms with Crippen LogP contribution < -0.4 is 0 Å². The zero-order valence-corrected chi connectivity index (χ0v) is 11.7. The molecular weight excluding hydrogens is 262 g/mol. The molecule has 0 unspecified atom stereocenters. The van der Waals surface area contributed by atoms with E-state index in [4.69, 9.17) is 5.26 Å². The Bertz CT molecular complexity index is 588. The maximum atomic E-state index is 12.6. The molecule has 102 valence electrons. The summed E-state index contributed by atoms with van der Waals surface area (Å²) < 4.78 is 26.6. The van der Waals surface area contributed by atoms with Crippen molar-refractivity contribution in [1.29, 1.82) is 5.26 Å². The van der Waals surface area contributed by atoms with Crippen molar-refractivity contribution < 1.29 is 8.42 Å². The van der Waals surface area contributed by atoms with Crippen LogP contribution in [0.2, 0.25) is 0 Å². The average Bonchev–Trinajstić information content (AvgIpc) is 2.37. The Morgan fingerprint density at radius 3 is 2.79 bits per heavy atom. The van der Waals surface area contributed by atoms with E-state index in [2.05, 4.69) is 4.98 Å². The summed E-state index contributed by atoms with van der Waals surface area (Å²) in [6, 6.07) is 4.84. The summed E-state index contributed by atoms with van der Waals surface area (Å²) in [6.07, 6.45) is 4.78. The third-order valence-corrected chi connectivity index (χ3v) is 5.51. The molecule has 1 aromatic heterocycles. The van der Waals surface area contributed by atoms with Gasteiger partial charge in [-0.05, 0) is 30.9 Å². The highest BCUT2D eigenvalue weighted by molar-refractivity contribution is 7.89. The van der Waals surface area contributed by atoms with Crippen molar-refractivity contribution in [2.45, 2.75) is 31.1 Å². The van der Waals surface area contributed by atoms with Gasteiger partial charge in [-0.3, -0.25) is 0 Å². The maximum absolute atomic E-state index is 12.6. The molecule has 1 heterocycles. The van der Waals surface area contributed by atoms with Gasteiger partial charge < -0.3 is 0 Å². The molecule has 1 aliphatic carbocycles. The molecule has 0 aromatic carbocycles. The van der Waals surface area contributed by atoms with Gasteiger partial charge in [-0.2, -0.15) is 9.57 Å². The minimum absolute atomic E-state index is 0.0127. The molecule has 0 saturated heterocycles. The Morgan fingerprint density at radius 1 is 1.53 bits per heavy atom. The smallest absolute Gasteiger partial charge is 0.244 e. The second kappa shape index (κ2) is 5.68. The molecule has 0 spiro atoms. The van der Waals surface area contributed by atoms with Gasteiger partial charge in [-0.15, -0.1) is 0 Å². The predicted molar refractivity (Wildman–Crippen MR) is 70.7 cm³/mol. The highest BCUT2D eigenvalue weighted by atomic mass is 32.2. The normalized spacial score (nSPS) is 16.1. The minimum Gasteiger partial charge on any atom is -0.244 e. The average molecular weight is 279 g/mol. The quantitative estimate of drug-likeness (QED) is 0.823. The van der Waals surface area contributed by atoms with E-state index >= 15 is 0 Å². The number of hydrogen-bond acceptors (Lipinski definition) is 4. The summed E-state index contributed by atoms with van der Waals surface area (Å²) >= 11 is 0. The minimum atomic E-state index is -3.62. The molecule has 5 nitrogen and oxygen atoms in total. The van der Waals surface area contributed by atoms with Crippen LogP contribution in [-0.4, -0.2) is 30.8 Å². The van der Waals surface area contributed by atoms with Gasteiger partial charge in [-0.25, -0.2) is 13.4 Å². The SMILES string of the molecule is CCN(CC1CCC1)S(=O)(=O)c1cccnc1C#N. The topological polar surface area (TPSA) is 74.1 Å². The summed E-state index contributed by atoms with van der Waals surface area (Å²) in [5.74, 6) is 0.455. The second-order valence-electron chi connectivity index (χ2n) is 4.71. The lowest BCUT2D eigenvalue weighted by molar-refractivity contribution is 0.250. The molecule has 1 saturated carbocycles. The van der Waals surface area contributed by atoms with Gasteiger partial charge in [0.25, 0.3) is 0 Å². The van der Waals surface area contributed by atoms with Crippen LogP contribution in [0.4, 0.5) is 0 Å². The molecule has 0 N–H and O–H groups in total. The van der Waals surface area contributed by atoms with Gasteiger partial charge in [0.1, 0.15) is 11.0 Å². The van der Waals surface area contributed by atoms with Gasteiger partial charge in [0.2, 0.25) is 10.0 Å². The molecule has 2 rings (SSSR count). The zero-order chi connectivity index (χ0) is 13.9. The van der Waals surface area contributed by atoms with Crippen molar-refractivity contribution in [2.24, 2.45) is 5.92 Å². The fourth-order valence-electron chi connectivity index (χ4n) is 2.18. The molecule has 0 aliphatic heterocycles. The van der Waals surface area contributed by atoms with E-state index in [1.54, 1.807) is 6.07 Å². The van der Waals surface area contributed by atoms with Crippen LogP contribution in [0.5, 0.6) is 0 Å². The number of sulfonamides is 1. The first-order valence-corrected chi connectivity index (χ1v) is 7.89. The maximum Gasteiger partial charge on any atom is 0.245 e. The van der Waals surface area contributed by atoms with Crippen molar-refractivity contribution >= 4 is 10.0 Å². The lowest BCUT2D eigenvalue weighted by Crippen LogP contribution is -2.37. The molecule has 1 fully saturated rings. The first-order valence-electron chi connectivity index (χ1n) is 6.45. The van der Waals surface area contributed by atoms with E-state index in [0.717, 1.165) is 12.8 Å². The molecule has 19 heavy (non-hydrogen) atoms. The first-order chi connectivity index (χ1) is 9.09. The van der Waals surface area contributed by atoms with E-state index < -0.39 is 10.0 Å². The van der Waals surface area contributed by atoms with Crippen LogP contribution in [-0.2, 0) is 10.0 Å². The summed E-state index contributed by atoms with van der Waals surface area (Å²) in [7, 11) is -3.62. The van der Waals surface area contributed by atoms with Gasteiger partial charge >= 0.3 is 0 Å². The Balaban J connectivity index is 2.31. The number of aromatic nitrogens is 1. The summed E-state index contributed by atoms with van der Waals surface area (Å²) in [5, 5.41) is 8.98. The third-order valence-electron chi connectivity index (χ3n) is 3.53. The molecular formula is C13H17N3O2S. The highest BCUT2D eigenvalue weighted by Gasteiger charge is 2.30. The zero-order valence-electron chi connectivity index (χ0n) is 10.9. The Morgan fingerprint density at radius 2 is 2.26 bits per heavy atom. The first kappa shape index (κ1) is 14.0. The van der Waals surface area contributed by atoms with E-state index in [-0.39, 0.29) is 10.6 Å². The highest BCUT2D eigenvalue weighted by Crippen LogP contribution is 2.29. The van der Waals surface area contributed by atoms with Crippen LogP contribution in [0.25, 0.3) is 0 Å². The molecule has 1 aromatic rings. The largest absolute Gasteiger partial charge is 0.245 e. The fourth-order valence-corrected chi connectivity index (χ4v) is 3.80. The van der Waals surface area contributed by atoms with Crippen molar-refractivity contribution in [3.63, 3.8) is 0 Å². The Kier molecular flexibility index (Phi) is 4.17. The number of pyridine rings is 1. The molecule has 0 radical (unpaired) electrons. The van der Waals surface area contributed by atoms with Gasteiger partial charge in [-0.1, -0.05) is 13.3 Å². The third kappa shape index (κ3) is 2.77. The van der Waals surface area contributed by atoms with Crippen LogP contribution in [0.15, 0.2) is 23.2 Å². The number of nitriles is 1. The summed E-state index contributed by atoms with van der Waals surface area (Å²) in [6.45, 7) is 2.77. The van der Waals surface area contributed by atoms with Gasteiger partial charge in [0.15, 0.2) is 5.69 Å². The van der Waals surface area contributed by atoms with E-state index in [1.165, 1.54) is 23.0 Å². The van der Waals surface area contributed by atoms with Crippen molar-refractivity contribution in [1.82, 2.24) is 9.29 Å². The van der Waals surface area contributed by atoms with Crippen molar-refractivity contribution in [3.8, 4) is 6.07 Å².